The number of aromatic nitrogens is 1. The second kappa shape index (κ2) is 19.8. The molecule has 6 nitrogen and oxygen atoms in total. The molecule has 1 fully saturated rings. The Morgan fingerprint density at radius 1 is 0.875 bits per heavy atom. The van der Waals surface area contributed by atoms with Crippen LogP contribution in [0.15, 0.2) is 22.6 Å². The normalized spacial score (nSPS) is 19.3. The van der Waals surface area contributed by atoms with Crippen LogP contribution in [0.1, 0.15) is 152 Å². The minimum atomic E-state index is -2.20. The van der Waals surface area contributed by atoms with E-state index in [4.69, 9.17) is 18.3 Å². The van der Waals surface area contributed by atoms with Gasteiger partial charge in [0.1, 0.15) is 5.78 Å². The fraction of sp³-hybridized carbons (Fsp3) is 0.826. The molecule has 1 aromatic heterocycles. The first kappa shape index (κ1) is 51.4. The number of Topliss-reactive ketones (excluding diaryl/α,β-unsaturated/α-hetero) is 1. The van der Waals surface area contributed by atoms with Gasteiger partial charge in [0.2, 0.25) is 0 Å². The molecule has 0 unspecified atom stereocenters. The molecule has 0 saturated heterocycles. The molecular formula is C46H87NO5SSi3. The largest absolute Gasteiger partial charge is 0.413 e. The van der Waals surface area contributed by atoms with Gasteiger partial charge in [-0.25, -0.2) is 4.98 Å². The molecule has 0 bridgehead atoms. The van der Waals surface area contributed by atoms with Gasteiger partial charge in [-0.05, 0) is 138 Å². The number of nitrogens with zero attached hydrogens (tertiary/aromatic N) is 1. The maximum Gasteiger partial charge on any atom is 0.192 e. The summed E-state index contributed by atoms with van der Waals surface area (Å²) in [7, 11) is -6.39. The molecule has 2 rings (SSSR count). The van der Waals surface area contributed by atoms with E-state index in [1.807, 2.05) is 0 Å². The SMILES string of the molecule is C/C(=C/C[C@H](O[Si](C)(C)C(C)(C)C)/C(C)=C/c1csc(C)n1)CCC[C@H](C)[C@H](O[Si](C)(C)C(C)(C)C)[C@@H](C)C(=O)C1([C@H](CCO)O[Si](C)(C)C(C)(C)C)CCC1. The van der Waals surface area contributed by atoms with Gasteiger partial charge in [0, 0.05) is 17.9 Å². The van der Waals surface area contributed by atoms with Gasteiger partial charge in [0.15, 0.2) is 25.0 Å². The van der Waals surface area contributed by atoms with E-state index in [0.717, 1.165) is 55.6 Å². The van der Waals surface area contributed by atoms with Crippen molar-refractivity contribution in [1.82, 2.24) is 4.98 Å². The number of allylic oxidation sites excluding steroid dienone is 1. The van der Waals surface area contributed by atoms with Crippen molar-refractivity contribution in [2.45, 2.75) is 221 Å². The number of aliphatic hydroxyl groups excluding tert-OH is 1. The summed E-state index contributed by atoms with van der Waals surface area (Å²) in [6.45, 7) is 45.4. The van der Waals surface area contributed by atoms with Gasteiger partial charge in [-0.1, -0.05) is 94.2 Å². The van der Waals surface area contributed by atoms with Crippen LogP contribution in [0.25, 0.3) is 6.08 Å². The molecular weight excluding hydrogens is 763 g/mol. The Morgan fingerprint density at radius 2 is 1.39 bits per heavy atom. The molecule has 1 aliphatic carbocycles. The predicted octanol–water partition coefficient (Wildman–Crippen LogP) is 13.9. The van der Waals surface area contributed by atoms with Crippen molar-refractivity contribution >= 4 is 48.1 Å². The lowest BCUT2D eigenvalue weighted by Crippen LogP contribution is -2.58. The van der Waals surface area contributed by atoms with Gasteiger partial charge in [0.05, 0.1) is 34.4 Å². The second-order valence-electron chi connectivity index (χ2n) is 22.1. The van der Waals surface area contributed by atoms with Crippen LogP contribution in [-0.2, 0) is 18.1 Å². The molecule has 1 aromatic rings. The first-order chi connectivity index (χ1) is 25.3. The van der Waals surface area contributed by atoms with Crippen LogP contribution < -0.4 is 0 Å². The van der Waals surface area contributed by atoms with E-state index < -0.39 is 30.4 Å². The van der Waals surface area contributed by atoms with E-state index in [1.165, 1.54) is 11.1 Å². The van der Waals surface area contributed by atoms with Crippen molar-refractivity contribution in [2.24, 2.45) is 17.3 Å². The molecule has 10 heteroatoms. The standard InChI is InChI=1S/C46H87NO5SSi3/c1-33(25-26-39(50-54(15,16)43(6,7)8)35(3)31-38-32-53-37(5)47-38)23-21-24-34(2)41(52-56(19,20)45(12,13)14)36(4)42(49)46(28-22-29-46)40(27-30-48)51-55(17,18)44(9,10)11/h25,31-32,34,36,39-41,48H,21-24,26-30H2,1-20H3/b33-25-,35-31+/t34-,36+,39-,40-,41-/m0/s1. The first-order valence-electron chi connectivity index (χ1n) is 21.8. The Hall–Kier alpha value is -0.729. The minimum absolute atomic E-state index is 0.00936. The molecule has 1 N–H and O–H groups in total. The van der Waals surface area contributed by atoms with Gasteiger partial charge in [-0.2, -0.15) is 0 Å². The number of thiazole rings is 1. The molecule has 56 heavy (non-hydrogen) atoms. The molecule has 0 radical (unpaired) electrons. The summed E-state index contributed by atoms with van der Waals surface area (Å²) in [5.74, 6) is 0.244. The fourth-order valence-electron chi connectivity index (χ4n) is 7.12. The van der Waals surface area contributed by atoms with Gasteiger partial charge in [-0.15, -0.1) is 11.3 Å². The van der Waals surface area contributed by atoms with E-state index in [-0.39, 0.29) is 57.7 Å². The Bertz CT molecular complexity index is 1470. The van der Waals surface area contributed by atoms with Crippen molar-refractivity contribution in [3.05, 3.63) is 33.3 Å². The van der Waals surface area contributed by atoms with Gasteiger partial charge >= 0.3 is 0 Å². The Labute approximate surface area is 352 Å². The van der Waals surface area contributed by atoms with Gasteiger partial charge in [0.25, 0.3) is 0 Å². The van der Waals surface area contributed by atoms with Crippen molar-refractivity contribution in [2.75, 3.05) is 6.61 Å². The van der Waals surface area contributed by atoms with Crippen LogP contribution in [0.4, 0.5) is 0 Å². The second-order valence-corrected chi connectivity index (χ2v) is 37.4. The number of rotatable bonds is 21. The molecule has 1 saturated carbocycles. The van der Waals surface area contributed by atoms with E-state index in [1.54, 1.807) is 11.3 Å². The molecule has 0 aliphatic heterocycles. The first-order valence-corrected chi connectivity index (χ1v) is 31.4. The quantitative estimate of drug-likeness (QED) is 0.0981. The van der Waals surface area contributed by atoms with Crippen molar-refractivity contribution in [1.29, 1.82) is 0 Å². The van der Waals surface area contributed by atoms with E-state index >= 15 is 4.79 Å². The van der Waals surface area contributed by atoms with Crippen LogP contribution >= 0.6 is 11.3 Å². The summed E-state index contributed by atoms with van der Waals surface area (Å²) < 4.78 is 21.4. The Balaban J connectivity index is 2.34. The predicted molar refractivity (Wildman–Crippen MR) is 250 cm³/mol. The molecule has 0 amide bonds. The molecule has 1 heterocycles. The summed E-state index contributed by atoms with van der Waals surface area (Å²) in [5, 5.41) is 13.6. The molecule has 324 valence electrons. The summed E-state index contributed by atoms with van der Waals surface area (Å²) in [5.41, 5.74) is 3.07. The van der Waals surface area contributed by atoms with E-state index in [2.05, 4.69) is 154 Å². The lowest BCUT2D eigenvalue weighted by atomic mass is 9.59. The zero-order valence-electron chi connectivity index (χ0n) is 39.9. The highest BCUT2D eigenvalue weighted by Gasteiger charge is 2.56. The van der Waals surface area contributed by atoms with Crippen molar-refractivity contribution in [3.8, 4) is 0 Å². The highest BCUT2D eigenvalue weighted by molar-refractivity contribution is 7.09. The van der Waals surface area contributed by atoms with Gasteiger partial charge in [-0.3, -0.25) is 4.79 Å². The maximum absolute atomic E-state index is 15.0. The van der Waals surface area contributed by atoms with Crippen LogP contribution in [0.3, 0.4) is 0 Å². The number of aryl methyl sites for hydroxylation is 1. The van der Waals surface area contributed by atoms with Crippen LogP contribution in [0.5, 0.6) is 0 Å². The summed E-state index contributed by atoms with van der Waals surface area (Å²) in [6.07, 6.45) is 11.2. The fourth-order valence-corrected chi connectivity index (χ4v) is 11.9. The highest BCUT2D eigenvalue weighted by atomic mass is 32.1. The molecule has 0 spiro atoms. The van der Waals surface area contributed by atoms with Crippen LogP contribution in [0.2, 0.25) is 54.4 Å². The third kappa shape index (κ3) is 13.4. The summed E-state index contributed by atoms with van der Waals surface area (Å²) in [4.78, 5) is 19.7. The number of hydrogen-bond donors (Lipinski definition) is 1. The Kier molecular flexibility index (Phi) is 18.1. The topological polar surface area (TPSA) is 77.9 Å². The maximum atomic E-state index is 15.0. The third-order valence-electron chi connectivity index (χ3n) is 14.4. The average Bonchev–Trinajstić information content (AvgIpc) is 3.42. The lowest BCUT2D eigenvalue weighted by Gasteiger charge is -2.52. The number of carbonyl (C=O) groups excluding carboxylic acids is 1. The number of carbonyl (C=O) groups is 1. The number of ketones is 1. The minimum Gasteiger partial charge on any atom is -0.413 e. The van der Waals surface area contributed by atoms with E-state index in [0.29, 0.717) is 6.42 Å². The number of aliphatic hydroxyl groups is 1. The summed E-state index contributed by atoms with van der Waals surface area (Å²) >= 11 is 1.69. The molecule has 1 aliphatic rings. The molecule has 5 atom stereocenters. The van der Waals surface area contributed by atoms with Crippen molar-refractivity contribution < 1.29 is 23.2 Å². The van der Waals surface area contributed by atoms with Crippen molar-refractivity contribution in [3.63, 3.8) is 0 Å². The third-order valence-corrected chi connectivity index (χ3v) is 28.6. The van der Waals surface area contributed by atoms with E-state index in [9.17, 15) is 5.11 Å². The zero-order chi connectivity index (χ0) is 43.3. The van der Waals surface area contributed by atoms with Crippen LogP contribution in [-0.4, -0.2) is 65.7 Å². The Morgan fingerprint density at radius 3 is 1.84 bits per heavy atom. The van der Waals surface area contributed by atoms with Gasteiger partial charge < -0.3 is 18.4 Å². The number of hydrogen-bond acceptors (Lipinski definition) is 7. The van der Waals surface area contributed by atoms with Crippen LogP contribution in [0, 0.1) is 24.2 Å². The lowest BCUT2D eigenvalue weighted by molar-refractivity contribution is -0.152. The highest BCUT2D eigenvalue weighted by Crippen LogP contribution is 2.52. The molecule has 0 aromatic carbocycles. The monoisotopic (exact) mass is 850 g/mol. The smallest absolute Gasteiger partial charge is 0.192 e. The average molecular weight is 851 g/mol. The zero-order valence-corrected chi connectivity index (χ0v) is 43.7. The summed E-state index contributed by atoms with van der Waals surface area (Å²) in [6, 6.07) is 0.